The molecule has 0 unspecified atom stereocenters. The zero-order chi connectivity index (χ0) is 22.7. The van der Waals surface area contributed by atoms with E-state index in [4.69, 9.17) is 14.6 Å². The largest absolute Gasteiger partial charge is 0.493 e. The Morgan fingerprint density at radius 1 is 1.00 bits per heavy atom. The number of nitrogens with one attached hydrogen (secondary N) is 1. The fraction of sp³-hybridized carbons (Fsp3) is 0.125. The molecule has 2 aromatic heterocycles. The molecular weight excluding hydrogens is 408 g/mol. The van der Waals surface area contributed by atoms with Crippen molar-refractivity contribution in [3.8, 4) is 28.6 Å². The highest BCUT2D eigenvalue weighted by molar-refractivity contribution is 5.96. The van der Waals surface area contributed by atoms with Crippen molar-refractivity contribution in [2.24, 2.45) is 0 Å². The van der Waals surface area contributed by atoms with E-state index in [0.29, 0.717) is 28.8 Å². The van der Waals surface area contributed by atoms with Crippen LogP contribution in [0.5, 0.6) is 11.5 Å². The fourth-order valence-electron chi connectivity index (χ4n) is 3.29. The number of ether oxygens (including phenoxy) is 2. The first-order valence-corrected chi connectivity index (χ1v) is 9.85. The molecule has 8 heteroatoms. The van der Waals surface area contributed by atoms with Crippen molar-refractivity contribution < 1.29 is 19.4 Å². The third kappa shape index (κ3) is 4.11. The molecule has 32 heavy (non-hydrogen) atoms. The lowest BCUT2D eigenvalue weighted by molar-refractivity contribution is 0.0697. The summed E-state index contributed by atoms with van der Waals surface area (Å²) in [6.07, 6.45) is 1.67. The summed E-state index contributed by atoms with van der Waals surface area (Å²) in [5.41, 5.74) is 3.17. The van der Waals surface area contributed by atoms with Crippen molar-refractivity contribution >= 4 is 17.5 Å². The van der Waals surface area contributed by atoms with Crippen LogP contribution in [0.15, 0.2) is 66.9 Å². The zero-order valence-corrected chi connectivity index (χ0v) is 17.9. The first kappa shape index (κ1) is 20.9. The predicted molar refractivity (Wildman–Crippen MR) is 121 cm³/mol. The van der Waals surface area contributed by atoms with Crippen molar-refractivity contribution in [2.45, 2.75) is 6.92 Å². The molecule has 162 valence electrons. The number of hydrogen-bond acceptors (Lipinski definition) is 6. The highest BCUT2D eigenvalue weighted by atomic mass is 16.5. The maximum Gasteiger partial charge on any atom is 0.337 e. The molecule has 0 fully saturated rings. The average Bonchev–Trinajstić information content (AvgIpc) is 3.23. The molecule has 8 nitrogen and oxygen atoms in total. The first-order chi connectivity index (χ1) is 15.5. The van der Waals surface area contributed by atoms with Crippen LogP contribution in [0.4, 0.5) is 11.5 Å². The van der Waals surface area contributed by atoms with Crippen LogP contribution < -0.4 is 14.8 Å². The number of carboxylic acids is 1. The topological polar surface area (TPSA) is 98.5 Å². The van der Waals surface area contributed by atoms with E-state index in [9.17, 15) is 9.90 Å². The van der Waals surface area contributed by atoms with Gasteiger partial charge in [0.05, 0.1) is 31.2 Å². The molecule has 0 amide bonds. The number of hydrogen-bond donors (Lipinski definition) is 2. The molecule has 0 radical (unpaired) electrons. The molecule has 2 N–H and O–H groups in total. The third-order valence-electron chi connectivity index (χ3n) is 4.94. The molecule has 2 heterocycles. The summed E-state index contributed by atoms with van der Waals surface area (Å²) >= 11 is 0. The number of aromatic carboxylic acids is 1. The Morgan fingerprint density at radius 2 is 1.72 bits per heavy atom. The standard InChI is InChI=1S/C24H22N4O4/c1-15-7-9-16(10-8-15)18-14-23(28(27-18)22-6-4-5-11-25-22)26-19-13-21(32-3)20(31-2)12-17(19)24(29)30/h4-14,26H,1-3H3,(H,29,30). The monoisotopic (exact) mass is 430 g/mol. The number of nitrogens with zero attached hydrogens (tertiary/aromatic N) is 3. The third-order valence-corrected chi connectivity index (χ3v) is 4.94. The summed E-state index contributed by atoms with van der Waals surface area (Å²) in [6, 6.07) is 18.4. The lowest BCUT2D eigenvalue weighted by atomic mass is 10.1. The smallest absolute Gasteiger partial charge is 0.337 e. The van der Waals surface area contributed by atoms with Gasteiger partial charge in [0.15, 0.2) is 17.3 Å². The van der Waals surface area contributed by atoms with Gasteiger partial charge < -0.3 is 19.9 Å². The highest BCUT2D eigenvalue weighted by Crippen LogP contribution is 2.36. The highest BCUT2D eigenvalue weighted by Gasteiger charge is 2.19. The number of carboxylic acid groups (broad SMARTS) is 1. The van der Waals surface area contributed by atoms with Crippen LogP contribution in [0.2, 0.25) is 0 Å². The first-order valence-electron chi connectivity index (χ1n) is 9.85. The number of rotatable bonds is 7. The van der Waals surface area contributed by atoms with Gasteiger partial charge in [-0.25, -0.2) is 9.78 Å². The van der Waals surface area contributed by atoms with Gasteiger partial charge in [0.2, 0.25) is 0 Å². The molecule has 2 aromatic carbocycles. The molecule has 0 aliphatic heterocycles. The van der Waals surface area contributed by atoms with E-state index in [2.05, 4.69) is 10.3 Å². The van der Waals surface area contributed by atoms with E-state index in [1.807, 2.05) is 55.5 Å². The fourth-order valence-corrected chi connectivity index (χ4v) is 3.29. The van der Waals surface area contributed by atoms with E-state index in [-0.39, 0.29) is 5.56 Å². The molecule has 0 spiro atoms. The normalized spacial score (nSPS) is 10.6. The molecule has 0 saturated heterocycles. The Labute approximate surface area is 185 Å². The number of methoxy groups -OCH3 is 2. The average molecular weight is 430 g/mol. The van der Waals surface area contributed by atoms with Crippen LogP contribution in [-0.2, 0) is 0 Å². The van der Waals surface area contributed by atoms with Crippen molar-refractivity contribution in [1.82, 2.24) is 14.8 Å². The second-order valence-electron chi connectivity index (χ2n) is 7.06. The second kappa shape index (κ2) is 8.81. The minimum atomic E-state index is -1.10. The molecular formula is C24H22N4O4. The van der Waals surface area contributed by atoms with Crippen LogP contribution in [0.25, 0.3) is 17.1 Å². The number of aromatic nitrogens is 3. The number of aryl methyl sites for hydroxylation is 1. The Hall–Kier alpha value is -4.33. The predicted octanol–water partition coefficient (Wildman–Crippen LogP) is 4.70. The van der Waals surface area contributed by atoms with E-state index >= 15 is 0 Å². The number of anilines is 2. The molecule has 0 saturated carbocycles. The van der Waals surface area contributed by atoms with Crippen molar-refractivity contribution in [3.05, 3.63) is 78.0 Å². The van der Waals surface area contributed by atoms with Crippen LogP contribution in [0, 0.1) is 6.92 Å². The Balaban J connectivity index is 1.84. The van der Waals surface area contributed by atoms with Crippen LogP contribution in [0.3, 0.4) is 0 Å². The quantitative estimate of drug-likeness (QED) is 0.438. The van der Waals surface area contributed by atoms with Gasteiger partial charge in [-0.1, -0.05) is 35.9 Å². The summed E-state index contributed by atoms with van der Waals surface area (Å²) in [7, 11) is 2.95. The van der Waals surface area contributed by atoms with Gasteiger partial charge in [0.25, 0.3) is 0 Å². The number of benzene rings is 2. The molecule has 0 aliphatic carbocycles. The van der Waals surface area contributed by atoms with Gasteiger partial charge in [-0.2, -0.15) is 9.78 Å². The molecule has 4 rings (SSSR count). The molecule has 0 atom stereocenters. The SMILES string of the molecule is COc1cc(Nc2cc(-c3ccc(C)cc3)nn2-c2ccccn2)c(C(=O)O)cc1OC. The summed E-state index contributed by atoms with van der Waals surface area (Å²) in [5, 5.41) is 17.7. The van der Waals surface area contributed by atoms with E-state index < -0.39 is 5.97 Å². The minimum Gasteiger partial charge on any atom is -0.493 e. The Morgan fingerprint density at radius 3 is 2.34 bits per heavy atom. The van der Waals surface area contributed by atoms with Crippen molar-refractivity contribution in [1.29, 1.82) is 0 Å². The van der Waals surface area contributed by atoms with Crippen LogP contribution in [0.1, 0.15) is 15.9 Å². The summed E-state index contributed by atoms with van der Waals surface area (Å²) < 4.78 is 12.2. The van der Waals surface area contributed by atoms with Gasteiger partial charge in [-0.05, 0) is 19.1 Å². The molecule has 4 aromatic rings. The van der Waals surface area contributed by atoms with Gasteiger partial charge in [0, 0.05) is 30.0 Å². The van der Waals surface area contributed by atoms with Crippen molar-refractivity contribution in [3.63, 3.8) is 0 Å². The van der Waals surface area contributed by atoms with Crippen LogP contribution in [-0.4, -0.2) is 40.1 Å². The lowest BCUT2D eigenvalue weighted by Gasteiger charge is -2.15. The summed E-state index contributed by atoms with van der Waals surface area (Å²) in [4.78, 5) is 16.3. The van der Waals surface area contributed by atoms with E-state index in [0.717, 1.165) is 16.8 Å². The van der Waals surface area contributed by atoms with Gasteiger partial charge in [0.1, 0.15) is 5.82 Å². The van der Waals surface area contributed by atoms with Gasteiger partial charge in [-0.3, -0.25) is 0 Å². The van der Waals surface area contributed by atoms with E-state index in [1.165, 1.54) is 20.3 Å². The molecule has 0 bridgehead atoms. The Kier molecular flexibility index (Phi) is 5.76. The maximum atomic E-state index is 11.9. The van der Waals surface area contributed by atoms with Gasteiger partial charge in [-0.15, -0.1) is 0 Å². The van der Waals surface area contributed by atoms with Crippen LogP contribution >= 0.6 is 0 Å². The maximum absolute atomic E-state index is 11.9. The number of pyridine rings is 1. The minimum absolute atomic E-state index is 0.0355. The van der Waals surface area contributed by atoms with Gasteiger partial charge >= 0.3 is 5.97 Å². The lowest BCUT2D eigenvalue weighted by Crippen LogP contribution is -2.08. The number of carbonyl (C=O) groups is 1. The zero-order valence-electron chi connectivity index (χ0n) is 17.9. The summed E-state index contributed by atoms with van der Waals surface area (Å²) in [6.45, 7) is 2.02. The van der Waals surface area contributed by atoms with Crippen molar-refractivity contribution in [2.75, 3.05) is 19.5 Å². The molecule has 0 aliphatic rings. The Bertz CT molecular complexity index is 1250. The second-order valence-corrected chi connectivity index (χ2v) is 7.06. The van der Waals surface area contributed by atoms with E-state index in [1.54, 1.807) is 16.9 Å². The summed E-state index contributed by atoms with van der Waals surface area (Å²) in [5.74, 6) is 0.771.